The van der Waals surface area contributed by atoms with Crippen LogP contribution in [0.4, 0.5) is 0 Å². The molecule has 3 aliphatic rings. The number of hydrogen-bond acceptors (Lipinski definition) is 13. The highest BCUT2D eigenvalue weighted by Gasteiger charge is 2.55. The number of rotatable bonds is 32. The van der Waals surface area contributed by atoms with Gasteiger partial charge in [-0.25, -0.2) is 0 Å². The van der Waals surface area contributed by atoms with Gasteiger partial charge in [0.15, 0.2) is 0 Å². The van der Waals surface area contributed by atoms with Crippen molar-refractivity contribution in [3.05, 3.63) is 71.8 Å². The lowest BCUT2D eigenvalue weighted by atomic mass is 9.79. The fourth-order valence-electron chi connectivity index (χ4n) is 12.1. The molecule has 11 atom stereocenters. The van der Waals surface area contributed by atoms with Crippen LogP contribution < -0.4 is 37.2 Å². The van der Waals surface area contributed by atoms with Gasteiger partial charge in [0, 0.05) is 53.6 Å². The smallest absolute Gasteiger partial charge is 0.249 e. The lowest BCUT2D eigenvalue weighted by Crippen LogP contribution is -2.78. The predicted octanol–water partition coefficient (Wildman–Crippen LogP) is 1.72. The van der Waals surface area contributed by atoms with Crippen LogP contribution >= 0.6 is 0 Å². The molecule has 8 N–H and O–H groups in total. The van der Waals surface area contributed by atoms with Crippen molar-refractivity contribution in [2.45, 2.75) is 212 Å². The summed E-state index contributed by atoms with van der Waals surface area (Å²) in [6.07, 6.45) is 2.15. The van der Waals surface area contributed by atoms with Crippen LogP contribution in [0.5, 0.6) is 0 Å². The fraction of sp³-hybridized carbons (Fsp3) is 0.642. The van der Waals surface area contributed by atoms with Gasteiger partial charge in [-0.3, -0.25) is 57.5 Å². The zero-order valence-corrected chi connectivity index (χ0v) is 56.2. The number of benzene rings is 2. The number of piperidine rings is 1. The van der Waals surface area contributed by atoms with E-state index in [1.165, 1.54) is 42.6 Å². The van der Waals surface area contributed by atoms with Crippen LogP contribution in [0, 0.1) is 17.8 Å². The van der Waals surface area contributed by atoms with Gasteiger partial charge in [0.05, 0.1) is 19.0 Å². The molecule has 0 aromatic heterocycles. The first-order valence-electron chi connectivity index (χ1n) is 32.6. The normalized spacial score (nSPS) is 19.7. The average Bonchev–Trinajstić information content (AvgIpc) is 0.838. The largest absolute Gasteiger partial charge is 0.384 e. The molecule has 0 spiro atoms. The number of amides is 12. The molecule has 2 aromatic carbocycles. The Labute approximate surface area is 542 Å². The third kappa shape index (κ3) is 20.3. The molecule has 25 nitrogen and oxygen atoms in total. The van der Waals surface area contributed by atoms with Gasteiger partial charge in [-0.15, -0.1) is 0 Å². The summed E-state index contributed by atoms with van der Waals surface area (Å²) >= 11 is 0. The summed E-state index contributed by atoms with van der Waals surface area (Å²) in [7, 11) is 4.39. The molecule has 3 aliphatic heterocycles. The molecular weight excluding hydrogens is 1180 g/mol. The van der Waals surface area contributed by atoms with Crippen LogP contribution in [-0.2, 0) is 70.4 Å². The number of hydrogen-bond donors (Lipinski definition) is 8. The summed E-state index contributed by atoms with van der Waals surface area (Å²) < 4.78 is 0. The number of nitrogens with one attached hydrogen (secondary N) is 7. The van der Waals surface area contributed by atoms with Crippen LogP contribution in [0.25, 0.3) is 0 Å². The van der Waals surface area contributed by atoms with E-state index in [-0.39, 0.29) is 74.8 Å². The number of nitrogens with zero attached hydrogens (tertiary/aromatic N) is 5. The average molecular weight is 1280 g/mol. The van der Waals surface area contributed by atoms with Crippen molar-refractivity contribution in [3.8, 4) is 0 Å². The Bertz CT molecular complexity index is 2910. The maximum Gasteiger partial charge on any atom is 0.249 e. The number of likely N-dealkylation sites (tertiary alicyclic amines) is 2. The molecule has 5 rings (SSSR count). The van der Waals surface area contributed by atoms with Crippen molar-refractivity contribution in [1.82, 2.24) is 61.7 Å². The van der Waals surface area contributed by atoms with E-state index in [0.29, 0.717) is 44.3 Å². The maximum absolute atomic E-state index is 14.9. The van der Waals surface area contributed by atoms with Gasteiger partial charge in [0.1, 0.15) is 60.0 Å². The van der Waals surface area contributed by atoms with Gasteiger partial charge in [-0.1, -0.05) is 109 Å². The number of carbonyl (C=O) groups excluding carboxylic acids is 12. The Balaban J connectivity index is 1.30. The van der Waals surface area contributed by atoms with Crippen molar-refractivity contribution in [2.75, 3.05) is 47.3 Å². The minimum atomic E-state index is -1.45. The standard InChI is InChI=1S/C67H102N12O13/c1-14-54-67(10,66(92)74-54)77(13)63(89)47(33-40(2)3)72-61(87)53(35-42(6)7)76(12)62(88)48(36-45-25-18-15-19-26-45)70-57(83)43(8)69-55(81)38-50(64(90)78-30-22-17-23-31-78)73-60(86)52(34-41(4)5)75(11)56(82)39-68-59(85)51-29-24-32-79(51)65(91)49(71-58(84)44(9)80)37-46-27-20-16-21-28-46/h15-16,18-21,25-28,40-44,47-54,80H,14,17,22-24,29-39H2,1-13H3,(H,68,85)(H,69,81)(H,70,83)(H,71,84)(H,72,87)(H,73,86)(H,74,92)/t43-,44-,47-,48+,49+,50+,51+,52+,53+,54+,67?/m1/s1. The number of aliphatic hydroxyl groups excluding tert-OH is 1. The molecule has 3 heterocycles. The molecule has 1 unspecified atom stereocenters. The molecule has 12 amide bonds. The second-order valence-electron chi connectivity index (χ2n) is 26.4. The zero-order valence-electron chi connectivity index (χ0n) is 56.2. The van der Waals surface area contributed by atoms with Gasteiger partial charge in [-0.2, -0.15) is 0 Å². The highest BCUT2D eigenvalue weighted by molar-refractivity contribution is 6.01. The van der Waals surface area contributed by atoms with E-state index in [9.17, 15) is 62.6 Å². The predicted molar refractivity (Wildman–Crippen MR) is 345 cm³/mol. The highest BCUT2D eigenvalue weighted by Crippen LogP contribution is 2.31. The Morgan fingerprint density at radius 3 is 1.63 bits per heavy atom. The fourth-order valence-corrected chi connectivity index (χ4v) is 12.1. The first-order valence-corrected chi connectivity index (χ1v) is 32.6. The minimum absolute atomic E-state index is 0.0193. The second kappa shape index (κ2) is 34.6. The van der Waals surface area contributed by atoms with Crippen molar-refractivity contribution in [1.29, 1.82) is 0 Å². The van der Waals surface area contributed by atoms with E-state index in [0.717, 1.165) is 16.9 Å². The SMILES string of the molecule is CC[C@@H]1NC(=O)C1(C)N(C)C(=O)[C@@H](CC(C)C)NC(=O)[C@H](CC(C)C)N(C)C(=O)[C@H](Cc1ccccc1)NC(=O)[C@@H](C)NC(=O)C[C@H](NC(=O)[C@H](CC(C)C)N(C)C(=O)CNC(=O)[C@@H]1CCCN1C(=O)[C@H](Cc1ccccc1)NC(=O)[C@@H](C)O)C(=O)N1CCCCC1. The van der Waals surface area contributed by atoms with Crippen LogP contribution in [0.3, 0.4) is 0 Å². The van der Waals surface area contributed by atoms with E-state index in [1.54, 1.807) is 79.5 Å². The molecule has 3 saturated heterocycles. The summed E-state index contributed by atoms with van der Waals surface area (Å²) in [5.41, 5.74) is 0.279. The topological polar surface area (TPSA) is 325 Å². The monoisotopic (exact) mass is 1280 g/mol. The Kier molecular flexibility index (Phi) is 28.1. The molecule has 0 bridgehead atoms. The Morgan fingerprint density at radius 1 is 0.598 bits per heavy atom. The van der Waals surface area contributed by atoms with Gasteiger partial charge in [0.25, 0.3) is 0 Å². The number of likely N-dealkylation sites (N-methyl/N-ethyl adjacent to an activating group) is 3. The number of aliphatic hydroxyl groups is 1. The third-order valence-electron chi connectivity index (χ3n) is 17.7. The summed E-state index contributed by atoms with van der Waals surface area (Å²) in [4.78, 5) is 175. The Morgan fingerprint density at radius 2 is 1.11 bits per heavy atom. The van der Waals surface area contributed by atoms with Crippen molar-refractivity contribution in [2.24, 2.45) is 17.8 Å². The molecule has 2 aromatic rings. The van der Waals surface area contributed by atoms with E-state index in [4.69, 9.17) is 0 Å². The van der Waals surface area contributed by atoms with Crippen LogP contribution in [-0.4, -0.2) is 214 Å². The molecule has 0 aliphatic carbocycles. The number of carbonyl (C=O) groups is 12. The maximum atomic E-state index is 14.9. The first-order chi connectivity index (χ1) is 43.4. The van der Waals surface area contributed by atoms with E-state index in [1.807, 2.05) is 48.5 Å². The Hall–Kier alpha value is -7.96. The van der Waals surface area contributed by atoms with Crippen molar-refractivity contribution < 1.29 is 62.6 Å². The van der Waals surface area contributed by atoms with Gasteiger partial charge >= 0.3 is 0 Å². The molecule has 0 saturated carbocycles. The number of β-lactam (4-membered cyclic amide) rings is 1. The molecule has 508 valence electrons. The summed E-state index contributed by atoms with van der Waals surface area (Å²) in [5.74, 6) is -7.79. The molecular formula is C67H102N12O13. The molecule has 92 heavy (non-hydrogen) atoms. The first kappa shape index (κ1) is 74.8. The lowest BCUT2D eigenvalue weighted by molar-refractivity contribution is -0.159. The highest BCUT2D eigenvalue weighted by atomic mass is 16.3. The molecule has 3 fully saturated rings. The minimum Gasteiger partial charge on any atom is -0.384 e. The summed E-state index contributed by atoms with van der Waals surface area (Å²) in [5, 5.41) is 29.2. The van der Waals surface area contributed by atoms with Crippen LogP contribution in [0.2, 0.25) is 0 Å². The van der Waals surface area contributed by atoms with Crippen molar-refractivity contribution in [3.63, 3.8) is 0 Å². The van der Waals surface area contributed by atoms with E-state index < -0.39 is 138 Å². The quantitative estimate of drug-likeness (QED) is 0.0485. The van der Waals surface area contributed by atoms with Gasteiger partial charge in [-0.05, 0) is 107 Å². The lowest BCUT2D eigenvalue weighted by Gasteiger charge is -2.51. The van der Waals surface area contributed by atoms with Crippen LogP contribution in [0.15, 0.2) is 60.7 Å². The van der Waals surface area contributed by atoms with Gasteiger partial charge in [0.2, 0.25) is 70.9 Å². The van der Waals surface area contributed by atoms with E-state index in [2.05, 4.69) is 37.2 Å². The summed E-state index contributed by atoms with van der Waals surface area (Å²) in [6, 6.07) is 8.07. The van der Waals surface area contributed by atoms with Crippen LogP contribution in [0.1, 0.15) is 145 Å². The second-order valence-corrected chi connectivity index (χ2v) is 26.4. The van der Waals surface area contributed by atoms with Crippen molar-refractivity contribution >= 4 is 70.9 Å². The summed E-state index contributed by atoms with van der Waals surface area (Å²) in [6.45, 7) is 17.9. The van der Waals surface area contributed by atoms with Gasteiger partial charge < -0.3 is 66.8 Å². The molecule has 25 heteroatoms. The zero-order chi connectivity index (χ0) is 68.3. The van der Waals surface area contributed by atoms with E-state index >= 15 is 0 Å². The molecule has 0 radical (unpaired) electrons. The third-order valence-corrected chi connectivity index (χ3v) is 17.7.